The Balaban J connectivity index is 1.79. The van der Waals surface area contributed by atoms with E-state index in [1.54, 1.807) is 0 Å². The second-order valence-corrected chi connectivity index (χ2v) is 7.13. The minimum absolute atomic E-state index is 0.155. The van der Waals surface area contributed by atoms with Crippen molar-refractivity contribution in [3.63, 3.8) is 0 Å². The highest BCUT2D eigenvalue weighted by Gasteiger charge is 2.34. The maximum Gasteiger partial charge on any atom is 0.226 e. The van der Waals surface area contributed by atoms with E-state index in [0.717, 1.165) is 58.5 Å². The fourth-order valence-electron chi connectivity index (χ4n) is 3.47. The van der Waals surface area contributed by atoms with Gasteiger partial charge in [0.05, 0.1) is 0 Å². The number of carbonyl (C=O) groups is 1. The van der Waals surface area contributed by atoms with Gasteiger partial charge in [0.25, 0.3) is 0 Å². The third-order valence-corrected chi connectivity index (χ3v) is 5.10. The van der Waals surface area contributed by atoms with Gasteiger partial charge < -0.3 is 15.5 Å². The van der Waals surface area contributed by atoms with E-state index in [2.05, 4.69) is 35.7 Å². The number of hydrogen-bond acceptors (Lipinski definition) is 4. The summed E-state index contributed by atoms with van der Waals surface area (Å²) in [5.41, 5.74) is 6.06. The monoisotopic (exact) mass is 296 g/mol. The molecule has 0 aromatic rings. The molecule has 0 radical (unpaired) electrons. The van der Waals surface area contributed by atoms with Crippen molar-refractivity contribution in [3.8, 4) is 0 Å². The maximum absolute atomic E-state index is 12.7. The molecule has 21 heavy (non-hydrogen) atoms. The van der Waals surface area contributed by atoms with Crippen LogP contribution in [0, 0.1) is 11.8 Å². The molecule has 1 aliphatic carbocycles. The van der Waals surface area contributed by atoms with Gasteiger partial charge in [-0.15, -0.1) is 0 Å². The van der Waals surface area contributed by atoms with Crippen molar-refractivity contribution in [2.45, 2.75) is 32.2 Å². The Labute approximate surface area is 129 Å². The summed E-state index contributed by atoms with van der Waals surface area (Å²) in [5, 5.41) is 0. The van der Waals surface area contributed by atoms with Crippen LogP contribution >= 0.6 is 0 Å². The first kappa shape index (κ1) is 16.7. The fourth-order valence-corrected chi connectivity index (χ4v) is 3.47. The number of amides is 1. The first-order valence-electron chi connectivity index (χ1n) is 8.39. The lowest BCUT2D eigenvalue weighted by atomic mass is 9.77. The Kier molecular flexibility index (Phi) is 6.02. The summed E-state index contributed by atoms with van der Waals surface area (Å²) in [4.78, 5) is 19.5. The Hall–Kier alpha value is -0.650. The van der Waals surface area contributed by atoms with Gasteiger partial charge in [-0.1, -0.05) is 6.92 Å². The molecule has 0 spiro atoms. The van der Waals surface area contributed by atoms with Gasteiger partial charge in [0.1, 0.15) is 0 Å². The lowest BCUT2D eigenvalue weighted by molar-refractivity contribution is -0.140. The normalized spacial score (nSPS) is 31.7. The topological polar surface area (TPSA) is 52.8 Å². The number of nitrogens with two attached hydrogens (primary N) is 1. The van der Waals surface area contributed by atoms with Gasteiger partial charge in [-0.2, -0.15) is 0 Å². The Bertz CT molecular complexity index is 339. The van der Waals surface area contributed by atoms with Gasteiger partial charge in [0.15, 0.2) is 0 Å². The van der Waals surface area contributed by atoms with E-state index in [1.165, 1.54) is 0 Å². The predicted octanol–water partition coefficient (Wildman–Crippen LogP) is 0.456. The number of piperazine rings is 1. The number of nitrogens with zero attached hydrogens (tertiary/aromatic N) is 3. The second-order valence-electron chi connectivity index (χ2n) is 7.13. The largest absolute Gasteiger partial charge is 0.340 e. The van der Waals surface area contributed by atoms with Crippen LogP contribution in [0.4, 0.5) is 0 Å². The number of hydrogen-bond donors (Lipinski definition) is 1. The zero-order valence-electron chi connectivity index (χ0n) is 13.9. The molecule has 1 saturated heterocycles. The van der Waals surface area contributed by atoms with Gasteiger partial charge in [-0.25, -0.2) is 0 Å². The first-order valence-corrected chi connectivity index (χ1v) is 8.39. The molecular weight excluding hydrogens is 264 g/mol. The van der Waals surface area contributed by atoms with Crippen LogP contribution in [0.5, 0.6) is 0 Å². The van der Waals surface area contributed by atoms with Crippen LogP contribution in [0.1, 0.15) is 26.2 Å². The molecule has 5 heteroatoms. The lowest BCUT2D eigenvalue weighted by Gasteiger charge is -2.39. The van der Waals surface area contributed by atoms with Gasteiger partial charge in [0, 0.05) is 51.2 Å². The number of carbonyl (C=O) groups excluding carboxylic acids is 1. The number of likely N-dealkylation sites (N-methyl/N-ethyl adjacent to an activating group) is 1. The summed E-state index contributed by atoms with van der Waals surface area (Å²) in [5.74, 6) is 0.996. The molecule has 1 saturated carbocycles. The van der Waals surface area contributed by atoms with Gasteiger partial charge in [-0.05, 0) is 39.3 Å². The van der Waals surface area contributed by atoms with Crippen molar-refractivity contribution >= 4 is 5.91 Å². The van der Waals surface area contributed by atoms with E-state index in [-0.39, 0.29) is 12.0 Å². The minimum atomic E-state index is 0.155. The van der Waals surface area contributed by atoms with Crippen LogP contribution in [-0.4, -0.2) is 80.0 Å². The number of rotatable bonds is 4. The Morgan fingerprint density at radius 2 is 1.86 bits per heavy atom. The smallest absolute Gasteiger partial charge is 0.226 e. The molecule has 0 aromatic heterocycles. The molecule has 3 atom stereocenters. The van der Waals surface area contributed by atoms with Crippen LogP contribution in [0.25, 0.3) is 0 Å². The molecule has 0 bridgehead atoms. The quantitative estimate of drug-likeness (QED) is 0.819. The van der Waals surface area contributed by atoms with E-state index in [0.29, 0.717) is 11.8 Å². The van der Waals surface area contributed by atoms with Crippen LogP contribution < -0.4 is 5.73 Å². The van der Waals surface area contributed by atoms with Crippen molar-refractivity contribution in [2.24, 2.45) is 17.6 Å². The molecule has 122 valence electrons. The van der Waals surface area contributed by atoms with E-state index in [9.17, 15) is 4.79 Å². The average molecular weight is 296 g/mol. The van der Waals surface area contributed by atoms with Crippen LogP contribution in [-0.2, 0) is 4.79 Å². The van der Waals surface area contributed by atoms with Crippen molar-refractivity contribution in [2.75, 3.05) is 53.4 Å². The van der Waals surface area contributed by atoms with Crippen molar-refractivity contribution in [1.82, 2.24) is 14.7 Å². The summed E-state index contributed by atoms with van der Waals surface area (Å²) in [6, 6.07) is 0.219. The zero-order chi connectivity index (χ0) is 15.4. The molecule has 1 amide bonds. The molecular formula is C16H32N4O. The Morgan fingerprint density at radius 3 is 2.48 bits per heavy atom. The molecule has 1 heterocycles. The lowest BCUT2D eigenvalue weighted by Crippen LogP contribution is -2.53. The molecule has 2 aliphatic rings. The highest BCUT2D eigenvalue weighted by atomic mass is 16.2. The van der Waals surface area contributed by atoms with Crippen LogP contribution in [0.2, 0.25) is 0 Å². The van der Waals surface area contributed by atoms with Crippen LogP contribution in [0.15, 0.2) is 0 Å². The van der Waals surface area contributed by atoms with Gasteiger partial charge >= 0.3 is 0 Å². The molecule has 5 nitrogen and oxygen atoms in total. The molecule has 0 aromatic carbocycles. The second kappa shape index (κ2) is 7.56. The summed E-state index contributed by atoms with van der Waals surface area (Å²) < 4.78 is 0. The molecule has 2 rings (SSSR count). The fraction of sp³-hybridized carbons (Fsp3) is 0.938. The maximum atomic E-state index is 12.7. The Morgan fingerprint density at radius 1 is 1.19 bits per heavy atom. The van der Waals surface area contributed by atoms with E-state index in [4.69, 9.17) is 5.73 Å². The van der Waals surface area contributed by atoms with Crippen molar-refractivity contribution < 1.29 is 4.79 Å². The highest BCUT2D eigenvalue weighted by molar-refractivity contribution is 5.79. The van der Waals surface area contributed by atoms with E-state index in [1.807, 2.05) is 0 Å². The van der Waals surface area contributed by atoms with Gasteiger partial charge in [-0.3, -0.25) is 9.69 Å². The SMILES string of the molecule is CC1CCC(N)CC1C(=O)N1CCN(CCN(C)C)CC1. The van der Waals surface area contributed by atoms with Crippen LogP contribution in [0.3, 0.4) is 0 Å². The molecule has 2 fully saturated rings. The van der Waals surface area contributed by atoms with Gasteiger partial charge in [0.2, 0.25) is 5.91 Å². The molecule has 3 unspecified atom stereocenters. The molecule has 2 N–H and O–H groups in total. The zero-order valence-corrected chi connectivity index (χ0v) is 13.9. The third kappa shape index (κ3) is 4.66. The predicted molar refractivity (Wildman–Crippen MR) is 86.1 cm³/mol. The van der Waals surface area contributed by atoms with E-state index < -0.39 is 0 Å². The summed E-state index contributed by atoms with van der Waals surface area (Å²) in [6.45, 7) is 8.17. The van der Waals surface area contributed by atoms with Crippen molar-refractivity contribution in [3.05, 3.63) is 0 Å². The van der Waals surface area contributed by atoms with Crippen molar-refractivity contribution in [1.29, 1.82) is 0 Å². The first-order chi connectivity index (χ1) is 9.97. The summed E-state index contributed by atoms with van der Waals surface area (Å²) >= 11 is 0. The standard InChI is InChI=1S/C16H32N4O/c1-13-4-5-14(17)12-15(13)16(21)20-10-8-19(9-11-20)7-6-18(2)3/h13-15H,4-12,17H2,1-3H3. The van der Waals surface area contributed by atoms with E-state index >= 15 is 0 Å². The molecule has 1 aliphatic heterocycles. The summed E-state index contributed by atoms with van der Waals surface area (Å²) in [6.07, 6.45) is 3.05. The summed E-state index contributed by atoms with van der Waals surface area (Å²) in [7, 11) is 4.21. The average Bonchev–Trinajstić information content (AvgIpc) is 2.47. The highest BCUT2D eigenvalue weighted by Crippen LogP contribution is 2.30. The third-order valence-electron chi connectivity index (χ3n) is 5.10. The minimum Gasteiger partial charge on any atom is -0.340 e.